The van der Waals surface area contributed by atoms with Crippen LogP contribution in [0, 0.1) is 13.8 Å². The molecule has 2 aromatic carbocycles. The summed E-state index contributed by atoms with van der Waals surface area (Å²) >= 11 is 0. The number of carboxylic acids is 1. The third-order valence-corrected chi connectivity index (χ3v) is 3.49. The van der Waals surface area contributed by atoms with Gasteiger partial charge in [0.1, 0.15) is 6.61 Å². The van der Waals surface area contributed by atoms with Gasteiger partial charge in [0.15, 0.2) is 0 Å². The van der Waals surface area contributed by atoms with E-state index in [2.05, 4.69) is 0 Å². The molecule has 1 N–H and O–H groups in total. The number of anilines is 1. The quantitative estimate of drug-likeness (QED) is 0.873. The van der Waals surface area contributed by atoms with Gasteiger partial charge in [0.2, 0.25) is 0 Å². The van der Waals surface area contributed by atoms with Crippen molar-refractivity contribution in [2.45, 2.75) is 26.9 Å². The molecule has 0 unspecified atom stereocenters. The average molecular weight is 327 g/mol. The van der Waals surface area contributed by atoms with Crippen molar-refractivity contribution in [1.82, 2.24) is 0 Å². The predicted octanol–water partition coefficient (Wildman–Crippen LogP) is 3.92. The molecule has 2 rings (SSSR count). The maximum atomic E-state index is 12.5. The third kappa shape index (κ3) is 5.12. The first kappa shape index (κ1) is 17.5. The monoisotopic (exact) mass is 327 g/mol. The van der Waals surface area contributed by atoms with Crippen molar-refractivity contribution in [3.05, 3.63) is 65.2 Å². The second-order valence-electron chi connectivity index (χ2n) is 5.68. The first-order valence-electron chi connectivity index (χ1n) is 7.74. The fraction of sp³-hybridized carbons (Fsp3) is 0.263. The van der Waals surface area contributed by atoms with Crippen molar-refractivity contribution in [1.29, 1.82) is 0 Å². The van der Waals surface area contributed by atoms with E-state index in [-0.39, 0.29) is 19.6 Å². The van der Waals surface area contributed by atoms with Crippen molar-refractivity contribution >= 4 is 17.7 Å². The molecule has 0 fully saturated rings. The van der Waals surface area contributed by atoms with E-state index >= 15 is 0 Å². The van der Waals surface area contributed by atoms with Crippen LogP contribution in [0.1, 0.15) is 23.1 Å². The Balaban J connectivity index is 2.15. The Labute approximate surface area is 141 Å². The molecule has 0 aliphatic carbocycles. The minimum Gasteiger partial charge on any atom is -0.481 e. The molecule has 0 saturated heterocycles. The van der Waals surface area contributed by atoms with Gasteiger partial charge in [-0.3, -0.25) is 9.69 Å². The zero-order valence-corrected chi connectivity index (χ0v) is 13.9. The van der Waals surface area contributed by atoms with Crippen molar-refractivity contribution in [3.63, 3.8) is 0 Å². The molecule has 0 spiro atoms. The molecule has 0 heterocycles. The van der Waals surface area contributed by atoms with Crippen molar-refractivity contribution in [3.8, 4) is 0 Å². The fourth-order valence-electron chi connectivity index (χ4n) is 2.44. The zero-order chi connectivity index (χ0) is 17.5. The van der Waals surface area contributed by atoms with Gasteiger partial charge in [-0.2, -0.15) is 0 Å². The first-order valence-corrected chi connectivity index (χ1v) is 7.74. The second-order valence-corrected chi connectivity index (χ2v) is 5.68. The van der Waals surface area contributed by atoms with Gasteiger partial charge < -0.3 is 9.84 Å². The molecule has 1 amide bonds. The van der Waals surface area contributed by atoms with Crippen LogP contribution in [0.15, 0.2) is 48.5 Å². The van der Waals surface area contributed by atoms with Crippen LogP contribution in [0.4, 0.5) is 10.5 Å². The fourth-order valence-corrected chi connectivity index (χ4v) is 2.44. The highest BCUT2D eigenvalue weighted by Gasteiger charge is 2.19. The number of nitrogens with zero attached hydrogens (tertiary/aromatic N) is 1. The molecule has 126 valence electrons. The number of carbonyl (C=O) groups excluding carboxylic acids is 1. The second kappa shape index (κ2) is 8.15. The SMILES string of the molecule is Cc1cc(C)cc(N(CCC(=O)O)C(=O)OCc2ccccc2)c1. The molecule has 5 heteroatoms. The lowest BCUT2D eigenvalue weighted by Crippen LogP contribution is -2.33. The molecule has 0 saturated carbocycles. The Morgan fingerprint density at radius 3 is 2.25 bits per heavy atom. The van der Waals surface area contributed by atoms with E-state index < -0.39 is 12.1 Å². The molecule has 0 aromatic heterocycles. The molecule has 24 heavy (non-hydrogen) atoms. The maximum Gasteiger partial charge on any atom is 0.414 e. The molecular formula is C19H21NO4. The highest BCUT2D eigenvalue weighted by atomic mass is 16.6. The molecule has 0 bridgehead atoms. The van der Waals surface area contributed by atoms with E-state index in [4.69, 9.17) is 9.84 Å². The van der Waals surface area contributed by atoms with E-state index in [1.807, 2.05) is 62.4 Å². The van der Waals surface area contributed by atoms with Gasteiger partial charge in [-0.1, -0.05) is 36.4 Å². The number of benzene rings is 2. The van der Waals surface area contributed by atoms with Gasteiger partial charge in [0.05, 0.1) is 6.42 Å². The molecule has 0 aliphatic rings. The summed E-state index contributed by atoms with van der Waals surface area (Å²) < 4.78 is 5.35. The maximum absolute atomic E-state index is 12.5. The van der Waals surface area contributed by atoms with E-state index in [9.17, 15) is 9.59 Å². The van der Waals surface area contributed by atoms with Gasteiger partial charge in [-0.25, -0.2) is 4.79 Å². The zero-order valence-electron chi connectivity index (χ0n) is 13.9. The number of carbonyl (C=O) groups is 2. The Bertz CT molecular complexity index is 692. The number of aryl methyl sites for hydroxylation is 2. The third-order valence-electron chi connectivity index (χ3n) is 3.49. The number of amides is 1. The van der Waals surface area contributed by atoms with Gasteiger partial charge in [-0.15, -0.1) is 0 Å². The molecule has 0 aliphatic heterocycles. The normalized spacial score (nSPS) is 10.2. The van der Waals surface area contributed by atoms with Crippen LogP contribution in [-0.4, -0.2) is 23.7 Å². The summed E-state index contributed by atoms with van der Waals surface area (Å²) in [6.45, 7) is 4.07. The number of ether oxygens (including phenoxy) is 1. The summed E-state index contributed by atoms with van der Waals surface area (Å²) in [6, 6.07) is 15.0. The topological polar surface area (TPSA) is 66.8 Å². The van der Waals surface area contributed by atoms with Crippen LogP contribution in [0.3, 0.4) is 0 Å². The number of rotatable bonds is 6. The van der Waals surface area contributed by atoms with Gasteiger partial charge >= 0.3 is 12.1 Å². The van der Waals surface area contributed by atoms with Gasteiger partial charge in [0.25, 0.3) is 0 Å². The largest absolute Gasteiger partial charge is 0.481 e. The minimum atomic E-state index is -0.958. The van der Waals surface area contributed by atoms with Crippen molar-refractivity contribution in [2.75, 3.05) is 11.4 Å². The summed E-state index contributed by atoms with van der Waals surface area (Å²) in [5, 5.41) is 8.93. The lowest BCUT2D eigenvalue weighted by molar-refractivity contribution is -0.136. The van der Waals surface area contributed by atoms with E-state index in [0.29, 0.717) is 5.69 Å². The number of aliphatic carboxylic acids is 1. The van der Waals surface area contributed by atoms with Crippen LogP contribution in [-0.2, 0) is 16.1 Å². The van der Waals surface area contributed by atoms with E-state index in [0.717, 1.165) is 16.7 Å². The summed E-state index contributed by atoms with van der Waals surface area (Å²) in [7, 11) is 0. The lowest BCUT2D eigenvalue weighted by atomic mass is 10.1. The van der Waals surface area contributed by atoms with Crippen LogP contribution in [0.25, 0.3) is 0 Å². The average Bonchev–Trinajstić information content (AvgIpc) is 2.53. The van der Waals surface area contributed by atoms with Crippen molar-refractivity contribution in [2.24, 2.45) is 0 Å². The standard InChI is InChI=1S/C19H21NO4/c1-14-10-15(2)12-17(11-14)20(9-8-18(21)22)19(23)24-13-16-6-4-3-5-7-16/h3-7,10-12H,8-9,13H2,1-2H3,(H,21,22). The van der Waals surface area contributed by atoms with E-state index in [1.165, 1.54) is 4.90 Å². The minimum absolute atomic E-state index is 0.0614. The molecule has 0 atom stereocenters. The van der Waals surface area contributed by atoms with Crippen LogP contribution in [0.2, 0.25) is 0 Å². The summed E-state index contributed by atoms with van der Waals surface area (Å²) in [5.74, 6) is -0.958. The molecule has 2 aromatic rings. The summed E-state index contributed by atoms with van der Waals surface area (Å²) in [4.78, 5) is 24.7. The lowest BCUT2D eigenvalue weighted by Gasteiger charge is -2.22. The summed E-state index contributed by atoms with van der Waals surface area (Å²) in [5.41, 5.74) is 3.53. The Kier molecular flexibility index (Phi) is 5.95. The smallest absolute Gasteiger partial charge is 0.414 e. The first-order chi connectivity index (χ1) is 11.5. The number of hydrogen-bond acceptors (Lipinski definition) is 3. The number of carboxylic acid groups (broad SMARTS) is 1. The molecule has 5 nitrogen and oxygen atoms in total. The highest BCUT2D eigenvalue weighted by molar-refractivity contribution is 5.88. The Morgan fingerprint density at radius 2 is 1.67 bits per heavy atom. The summed E-state index contributed by atoms with van der Waals surface area (Å²) in [6.07, 6.45) is -0.696. The van der Waals surface area contributed by atoms with Gasteiger partial charge in [0, 0.05) is 12.2 Å². The Hall–Kier alpha value is -2.82. The highest BCUT2D eigenvalue weighted by Crippen LogP contribution is 2.20. The van der Waals surface area contributed by atoms with Crippen LogP contribution >= 0.6 is 0 Å². The number of hydrogen-bond donors (Lipinski definition) is 1. The molecular weight excluding hydrogens is 306 g/mol. The Morgan fingerprint density at radius 1 is 1.04 bits per heavy atom. The van der Waals surface area contributed by atoms with Crippen LogP contribution in [0.5, 0.6) is 0 Å². The van der Waals surface area contributed by atoms with Crippen LogP contribution < -0.4 is 4.90 Å². The van der Waals surface area contributed by atoms with Gasteiger partial charge in [-0.05, 0) is 42.7 Å². The molecule has 0 radical (unpaired) electrons. The van der Waals surface area contributed by atoms with E-state index in [1.54, 1.807) is 0 Å². The van der Waals surface area contributed by atoms with Crippen molar-refractivity contribution < 1.29 is 19.4 Å². The predicted molar refractivity (Wildman–Crippen MR) is 92.1 cm³/mol.